The first-order valence-corrected chi connectivity index (χ1v) is 8.35. The van der Waals surface area contributed by atoms with Gasteiger partial charge < -0.3 is 10.2 Å². The van der Waals surface area contributed by atoms with Crippen molar-refractivity contribution < 1.29 is 4.79 Å². The van der Waals surface area contributed by atoms with Gasteiger partial charge in [0.15, 0.2) is 4.96 Å². The van der Waals surface area contributed by atoms with Crippen LogP contribution >= 0.6 is 11.3 Å². The summed E-state index contributed by atoms with van der Waals surface area (Å²) in [5.41, 5.74) is 3.62. The van der Waals surface area contributed by atoms with E-state index in [-0.39, 0.29) is 5.91 Å². The zero-order chi connectivity index (χ0) is 15.0. The summed E-state index contributed by atoms with van der Waals surface area (Å²) in [6, 6.07) is 0.490. The minimum absolute atomic E-state index is 0.190. The van der Waals surface area contributed by atoms with E-state index in [0.717, 1.165) is 43.1 Å². The average molecular weight is 306 g/mol. The monoisotopic (exact) mass is 306 g/mol. The predicted octanol–water partition coefficient (Wildman–Crippen LogP) is 2.11. The lowest BCUT2D eigenvalue weighted by atomic mass is 10.0. The quantitative estimate of drug-likeness (QED) is 0.945. The number of nitrogens with one attached hydrogen (secondary N) is 1. The van der Waals surface area contributed by atoms with Gasteiger partial charge in [0.25, 0.3) is 0 Å². The molecule has 0 aliphatic carbocycles. The van der Waals surface area contributed by atoms with E-state index in [2.05, 4.69) is 33.9 Å². The van der Waals surface area contributed by atoms with Crippen molar-refractivity contribution >= 4 is 22.2 Å². The highest BCUT2D eigenvalue weighted by Crippen LogP contribution is 2.21. The van der Waals surface area contributed by atoms with Crippen LogP contribution in [0.2, 0.25) is 0 Å². The number of piperidine rings is 1. The van der Waals surface area contributed by atoms with Gasteiger partial charge in [0, 0.05) is 43.7 Å². The SMILES string of the molecule is CC(=O)N1CCC(NCc2c(C)nc3scc(C)n23)CC1. The van der Waals surface area contributed by atoms with Crippen LogP contribution in [0.5, 0.6) is 0 Å². The smallest absolute Gasteiger partial charge is 0.219 e. The highest BCUT2D eigenvalue weighted by molar-refractivity contribution is 7.15. The van der Waals surface area contributed by atoms with E-state index in [1.54, 1.807) is 18.3 Å². The maximum absolute atomic E-state index is 11.3. The first-order chi connectivity index (χ1) is 10.1. The van der Waals surface area contributed by atoms with Crippen LogP contribution in [0, 0.1) is 13.8 Å². The molecule has 0 atom stereocenters. The molecule has 0 saturated carbocycles. The van der Waals surface area contributed by atoms with E-state index in [1.807, 2.05) is 4.90 Å². The second-order valence-corrected chi connectivity index (χ2v) is 6.64. The predicted molar refractivity (Wildman–Crippen MR) is 84.7 cm³/mol. The number of aryl methyl sites for hydroxylation is 2. The zero-order valence-electron chi connectivity index (χ0n) is 12.8. The number of thiazole rings is 1. The molecule has 5 nitrogen and oxygen atoms in total. The lowest BCUT2D eigenvalue weighted by molar-refractivity contribution is -0.129. The van der Waals surface area contributed by atoms with Gasteiger partial charge in [0.1, 0.15) is 0 Å². The molecule has 2 aromatic rings. The Balaban J connectivity index is 1.64. The van der Waals surface area contributed by atoms with Gasteiger partial charge in [0.2, 0.25) is 5.91 Å². The summed E-state index contributed by atoms with van der Waals surface area (Å²) < 4.78 is 2.25. The number of hydrogen-bond acceptors (Lipinski definition) is 4. The molecule has 1 saturated heterocycles. The van der Waals surface area contributed by atoms with E-state index in [0.29, 0.717) is 6.04 Å². The third-order valence-corrected chi connectivity index (χ3v) is 5.27. The van der Waals surface area contributed by atoms with E-state index in [9.17, 15) is 4.79 Å². The van der Waals surface area contributed by atoms with E-state index < -0.39 is 0 Å². The lowest BCUT2D eigenvalue weighted by Gasteiger charge is -2.31. The van der Waals surface area contributed by atoms with Crippen molar-refractivity contribution in [3.05, 3.63) is 22.5 Å². The molecular weight excluding hydrogens is 284 g/mol. The minimum atomic E-state index is 0.190. The number of carbonyl (C=O) groups excluding carboxylic acids is 1. The molecule has 1 aliphatic heterocycles. The third-order valence-electron chi connectivity index (χ3n) is 4.33. The molecule has 1 aliphatic rings. The molecule has 1 N–H and O–H groups in total. The lowest BCUT2D eigenvalue weighted by Crippen LogP contribution is -2.44. The molecule has 2 aromatic heterocycles. The molecule has 1 amide bonds. The van der Waals surface area contributed by atoms with Crippen molar-refractivity contribution in [3.8, 4) is 0 Å². The fourth-order valence-corrected chi connectivity index (χ4v) is 3.95. The standard InChI is InChI=1S/C15H22N4OS/c1-10-9-21-15-17-11(2)14(19(10)15)8-16-13-4-6-18(7-5-13)12(3)20/h9,13,16H,4-8H2,1-3H3. The van der Waals surface area contributed by atoms with Crippen LogP contribution < -0.4 is 5.32 Å². The normalized spacial score (nSPS) is 16.8. The van der Waals surface area contributed by atoms with Crippen molar-refractivity contribution in [3.63, 3.8) is 0 Å². The molecule has 0 unspecified atom stereocenters. The third kappa shape index (κ3) is 2.82. The second kappa shape index (κ2) is 5.77. The van der Waals surface area contributed by atoms with Gasteiger partial charge in [-0.1, -0.05) is 0 Å². The number of rotatable bonds is 3. The number of hydrogen-bond donors (Lipinski definition) is 1. The van der Waals surface area contributed by atoms with E-state index in [4.69, 9.17) is 0 Å². The Morgan fingerprint density at radius 2 is 2.14 bits per heavy atom. The molecule has 3 heterocycles. The van der Waals surface area contributed by atoms with Crippen molar-refractivity contribution in [2.45, 2.75) is 46.2 Å². The Hall–Kier alpha value is -1.40. The Labute approximate surface area is 129 Å². The van der Waals surface area contributed by atoms with Crippen LogP contribution in [0.1, 0.15) is 36.8 Å². The molecule has 0 aromatic carbocycles. The summed E-state index contributed by atoms with van der Waals surface area (Å²) in [5, 5.41) is 5.79. The fraction of sp³-hybridized carbons (Fsp3) is 0.600. The summed E-state index contributed by atoms with van der Waals surface area (Å²) in [6.45, 7) is 8.43. The van der Waals surface area contributed by atoms with Gasteiger partial charge in [-0.3, -0.25) is 9.20 Å². The highest BCUT2D eigenvalue weighted by atomic mass is 32.1. The highest BCUT2D eigenvalue weighted by Gasteiger charge is 2.21. The van der Waals surface area contributed by atoms with Gasteiger partial charge >= 0.3 is 0 Å². The molecule has 3 rings (SSSR count). The summed E-state index contributed by atoms with van der Waals surface area (Å²) in [5.74, 6) is 0.190. The number of carbonyl (C=O) groups is 1. The maximum Gasteiger partial charge on any atom is 0.219 e. The van der Waals surface area contributed by atoms with Crippen LogP contribution in [-0.4, -0.2) is 39.3 Å². The van der Waals surface area contributed by atoms with Gasteiger partial charge in [-0.2, -0.15) is 0 Å². The second-order valence-electron chi connectivity index (χ2n) is 5.80. The topological polar surface area (TPSA) is 49.6 Å². The largest absolute Gasteiger partial charge is 0.343 e. The Kier molecular flexibility index (Phi) is 3.99. The van der Waals surface area contributed by atoms with Crippen molar-refractivity contribution in [2.24, 2.45) is 0 Å². The summed E-state index contributed by atoms with van der Waals surface area (Å²) in [4.78, 5) is 19.0. The number of fused-ring (bicyclic) bond motifs is 1. The number of amides is 1. The number of likely N-dealkylation sites (tertiary alicyclic amines) is 1. The molecule has 1 fully saturated rings. The van der Waals surface area contributed by atoms with Gasteiger partial charge in [0.05, 0.1) is 11.4 Å². The van der Waals surface area contributed by atoms with Gasteiger partial charge in [-0.15, -0.1) is 11.3 Å². The molecular formula is C15H22N4OS. The van der Waals surface area contributed by atoms with E-state index in [1.165, 1.54) is 11.4 Å². The number of aromatic nitrogens is 2. The van der Waals surface area contributed by atoms with Crippen molar-refractivity contribution in [1.29, 1.82) is 0 Å². The van der Waals surface area contributed by atoms with E-state index >= 15 is 0 Å². The maximum atomic E-state index is 11.3. The van der Waals surface area contributed by atoms with Gasteiger partial charge in [-0.05, 0) is 26.7 Å². The molecule has 0 spiro atoms. The zero-order valence-corrected chi connectivity index (χ0v) is 13.7. The molecule has 114 valence electrons. The van der Waals surface area contributed by atoms with Crippen LogP contribution in [0.15, 0.2) is 5.38 Å². The van der Waals surface area contributed by atoms with Crippen LogP contribution in [0.25, 0.3) is 4.96 Å². The average Bonchev–Trinajstić information content (AvgIpc) is 2.97. The van der Waals surface area contributed by atoms with Gasteiger partial charge in [-0.25, -0.2) is 4.98 Å². The summed E-state index contributed by atoms with van der Waals surface area (Å²) >= 11 is 1.69. The Morgan fingerprint density at radius 1 is 1.43 bits per heavy atom. The fourth-order valence-electron chi connectivity index (χ4n) is 3.02. The minimum Gasteiger partial charge on any atom is -0.343 e. The molecule has 6 heteroatoms. The number of nitrogens with zero attached hydrogens (tertiary/aromatic N) is 3. The molecule has 21 heavy (non-hydrogen) atoms. The van der Waals surface area contributed by atoms with Crippen LogP contribution in [0.4, 0.5) is 0 Å². The number of imidazole rings is 1. The Morgan fingerprint density at radius 3 is 2.81 bits per heavy atom. The summed E-state index contributed by atoms with van der Waals surface area (Å²) in [6.07, 6.45) is 2.06. The Bertz CT molecular complexity index is 652. The first-order valence-electron chi connectivity index (χ1n) is 7.47. The molecule has 0 radical (unpaired) electrons. The van der Waals surface area contributed by atoms with Crippen LogP contribution in [-0.2, 0) is 11.3 Å². The van der Waals surface area contributed by atoms with Crippen molar-refractivity contribution in [2.75, 3.05) is 13.1 Å². The summed E-state index contributed by atoms with van der Waals surface area (Å²) in [7, 11) is 0. The van der Waals surface area contributed by atoms with Crippen LogP contribution in [0.3, 0.4) is 0 Å². The van der Waals surface area contributed by atoms with Crippen molar-refractivity contribution in [1.82, 2.24) is 19.6 Å². The molecule has 0 bridgehead atoms. The first kappa shape index (κ1) is 14.5.